The van der Waals surface area contributed by atoms with Crippen molar-refractivity contribution in [1.29, 1.82) is 0 Å². The zero-order valence-corrected chi connectivity index (χ0v) is 30.4. The van der Waals surface area contributed by atoms with Gasteiger partial charge in [-0.3, -0.25) is 0 Å². The van der Waals surface area contributed by atoms with Crippen LogP contribution >= 0.6 is 0 Å². The van der Waals surface area contributed by atoms with Gasteiger partial charge in [0, 0.05) is 16.8 Å². The molecule has 258 valence electrons. The van der Waals surface area contributed by atoms with Crippen molar-refractivity contribution < 1.29 is 0 Å². The average Bonchev–Trinajstić information content (AvgIpc) is 3.88. The zero-order chi connectivity index (χ0) is 36.3. The Morgan fingerprint density at radius 1 is 0.345 bits per heavy atom. The summed E-state index contributed by atoms with van der Waals surface area (Å²) >= 11 is 0. The van der Waals surface area contributed by atoms with E-state index in [1.54, 1.807) is 0 Å². The molecule has 0 bridgehead atoms. The molecular weight excluding hydrogens is 663 g/mol. The second kappa shape index (κ2) is 12.9. The van der Waals surface area contributed by atoms with Crippen LogP contribution in [0.2, 0.25) is 0 Å². The lowest BCUT2D eigenvalue weighted by molar-refractivity contribution is 1.30. The standard InChI is InChI=1S/C54H37N/c1-2-19-45(20-3-1)55(52-24-12-18-37-13-8-9-21-47(37)52)46-28-25-36(26-29-46)42-27-30-50-51(35-42)54(44-33-40-16-6-7-17-41(40)34-44)49-23-11-10-22-48(49)53(50)43-31-38-14-4-5-15-39(38)32-43/h1-31,33,35H,32,34H2. The van der Waals surface area contributed by atoms with Crippen molar-refractivity contribution in [2.45, 2.75) is 12.8 Å². The number of nitrogens with zero attached hydrogens (tertiary/aromatic N) is 1. The monoisotopic (exact) mass is 699 g/mol. The molecule has 0 saturated carbocycles. The summed E-state index contributed by atoms with van der Waals surface area (Å²) in [6.45, 7) is 0. The van der Waals surface area contributed by atoms with Gasteiger partial charge in [0.1, 0.15) is 0 Å². The van der Waals surface area contributed by atoms with Crippen LogP contribution in [0.25, 0.3) is 66.7 Å². The van der Waals surface area contributed by atoms with Crippen molar-refractivity contribution >= 4 is 72.7 Å². The minimum atomic E-state index is 0.936. The van der Waals surface area contributed by atoms with Gasteiger partial charge in [-0.15, -0.1) is 0 Å². The van der Waals surface area contributed by atoms with E-state index in [4.69, 9.17) is 0 Å². The maximum atomic E-state index is 2.46. The second-order valence-electron chi connectivity index (χ2n) is 14.9. The Bertz CT molecular complexity index is 3010. The molecule has 0 saturated heterocycles. The van der Waals surface area contributed by atoms with Crippen LogP contribution in [0.3, 0.4) is 0 Å². The molecule has 2 aliphatic carbocycles. The maximum Gasteiger partial charge on any atom is 0.0540 e. The number of allylic oxidation sites excluding steroid dienone is 2. The van der Waals surface area contributed by atoms with Gasteiger partial charge in [0.05, 0.1) is 5.69 Å². The molecule has 0 aliphatic heterocycles. The first-order chi connectivity index (χ1) is 27.3. The predicted molar refractivity (Wildman–Crippen MR) is 235 cm³/mol. The molecule has 0 atom stereocenters. The summed E-state index contributed by atoms with van der Waals surface area (Å²) in [5.41, 5.74) is 16.8. The van der Waals surface area contributed by atoms with E-state index in [-0.39, 0.29) is 0 Å². The summed E-state index contributed by atoms with van der Waals surface area (Å²) in [4.78, 5) is 2.38. The van der Waals surface area contributed by atoms with Crippen molar-refractivity contribution in [3.8, 4) is 11.1 Å². The summed E-state index contributed by atoms with van der Waals surface area (Å²) in [6.07, 6.45) is 6.72. The molecular formula is C54H37N. The number of hydrogen-bond acceptors (Lipinski definition) is 1. The topological polar surface area (TPSA) is 3.24 Å². The highest BCUT2D eigenvalue weighted by Gasteiger charge is 2.24. The van der Waals surface area contributed by atoms with E-state index in [2.05, 4.69) is 205 Å². The van der Waals surface area contributed by atoms with E-state index in [0.29, 0.717) is 0 Å². The Morgan fingerprint density at radius 2 is 0.855 bits per heavy atom. The molecule has 55 heavy (non-hydrogen) atoms. The lowest BCUT2D eigenvalue weighted by atomic mass is 9.84. The molecule has 1 heteroatoms. The van der Waals surface area contributed by atoms with Crippen molar-refractivity contribution in [2.24, 2.45) is 0 Å². The summed E-state index contributed by atoms with van der Waals surface area (Å²) in [6, 6.07) is 69.0. The van der Waals surface area contributed by atoms with Crippen molar-refractivity contribution in [3.63, 3.8) is 0 Å². The highest BCUT2D eigenvalue weighted by atomic mass is 15.1. The molecule has 0 radical (unpaired) electrons. The third-order valence-electron chi connectivity index (χ3n) is 11.7. The smallest absolute Gasteiger partial charge is 0.0540 e. The summed E-state index contributed by atoms with van der Waals surface area (Å²) in [7, 11) is 0. The summed E-state index contributed by atoms with van der Waals surface area (Å²) in [5.74, 6) is 0. The lowest BCUT2D eigenvalue weighted by Gasteiger charge is -2.27. The Labute approximate surface area is 321 Å². The fourth-order valence-corrected chi connectivity index (χ4v) is 9.14. The quantitative estimate of drug-likeness (QED) is 0.156. The lowest BCUT2D eigenvalue weighted by Crippen LogP contribution is -2.10. The van der Waals surface area contributed by atoms with Crippen LogP contribution in [-0.4, -0.2) is 0 Å². The molecule has 0 spiro atoms. The SMILES string of the molecule is C1=C(c2c3ccccc3c(C3=Cc4ccccc4C3)c3cc(-c4ccc(N(c5ccccc5)c5cccc6ccccc56)cc4)ccc23)Cc2ccccc21. The van der Waals surface area contributed by atoms with Gasteiger partial charge in [-0.25, -0.2) is 0 Å². The molecule has 0 heterocycles. The first-order valence-corrected chi connectivity index (χ1v) is 19.3. The van der Waals surface area contributed by atoms with Gasteiger partial charge in [0.15, 0.2) is 0 Å². The van der Waals surface area contributed by atoms with Crippen molar-refractivity contribution in [1.82, 2.24) is 0 Å². The van der Waals surface area contributed by atoms with E-state index in [0.717, 1.165) is 24.2 Å². The van der Waals surface area contributed by atoms with Crippen LogP contribution in [0.1, 0.15) is 33.4 Å². The third kappa shape index (κ3) is 5.31. The fourth-order valence-electron chi connectivity index (χ4n) is 9.14. The molecule has 1 nitrogen and oxygen atoms in total. The van der Waals surface area contributed by atoms with Gasteiger partial charge >= 0.3 is 0 Å². The van der Waals surface area contributed by atoms with Gasteiger partial charge < -0.3 is 4.90 Å². The van der Waals surface area contributed by atoms with Gasteiger partial charge in [0.25, 0.3) is 0 Å². The van der Waals surface area contributed by atoms with E-state index in [9.17, 15) is 0 Å². The van der Waals surface area contributed by atoms with E-state index in [1.165, 1.54) is 93.7 Å². The number of hydrogen-bond donors (Lipinski definition) is 0. The molecule has 0 aromatic heterocycles. The molecule has 9 aromatic rings. The van der Waals surface area contributed by atoms with Crippen LogP contribution in [0, 0.1) is 0 Å². The van der Waals surface area contributed by atoms with Gasteiger partial charge in [-0.05, 0) is 132 Å². The Kier molecular flexibility index (Phi) is 7.38. The normalized spacial score (nSPS) is 13.2. The molecule has 0 fully saturated rings. The van der Waals surface area contributed by atoms with E-state index < -0.39 is 0 Å². The largest absolute Gasteiger partial charge is 0.310 e. The summed E-state index contributed by atoms with van der Waals surface area (Å²) < 4.78 is 0. The van der Waals surface area contributed by atoms with Crippen LogP contribution in [0.5, 0.6) is 0 Å². The molecule has 0 N–H and O–H groups in total. The van der Waals surface area contributed by atoms with Crippen LogP contribution in [0.4, 0.5) is 17.1 Å². The number of fused-ring (bicyclic) bond motifs is 5. The van der Waals surface area contributed by atoms with Crippen LogP contribution in [-0.2, 0) is 12.8 Å². The Morgan fingerprint density at radius 3 is 1.53 bits per heavy atom. The molecule has 2 aliphatic rings. The molecule has 0 amide bonds. The molecule has 9 aromatic carbocycles. The highest BCUT2D eigenvalue weighted by molar-refractivity contribution is 6.20. The first-order valence-electron chi connectivity index (χ1n) is 19.3. The minimum Gasteiger partial charge on any atom is -0.310 e. The Balaban J connectivity index is 1.09. The molecule has 11 rings (SSSR count). The van der Waals surface area contributed by atoms with Crippen LogP contribution in [0.15, 0.2) is 188 Å². The molecule has 0 unspecified atom stereocenters. The van der Waals surface area contributed by atoms with E-state index >= 15 is 0 Å². The van der Waals surface area contributed by atoms with Gasteiger partial charge in [-0.1, -0.05) is 164 Å². The fraction of sp³-hybridized carbons (Fsp3) is 0.0370. The zero-order valence-electron chi connectivity index (χ0n) is 30.4. The van der Waals surface area contributed by atoms with Crippen molar-refractivity contribution in [2.75, 3.05) is 4.90 Å². The first kappa shape index (κ1) is 31.6. The van der Waals surface area contributed by atoms with Crippen molar-refractivity contribution in [3.05, 3.63) is 221 Å². The number of rotatable bonds is 6. The predicted octanol–water partition coefficient (Wildman–Crippen LogP) is 14.5. The highest BCUT2D eigenvalue weighted by Crippen LogP contribution is 2.47. The third-order valence-corrected chi connectivity index (χ3v) is 11.7. The number of anilines is 3. The number of benzene rings is 9. The summed E-state index contributed by atoms with van der Waals surface area (Å²) in [5, 5.41) is 7.74. The number of para-hydroxylation sites is 1. The minimum absolute atomic E-state index is 0.936. The Hall–Kier alpha value is -6.96. The van der Waals surface area contributed by atoms with Gasteiger partial charge in [-0.2, -0.15) is 0 Å². The second-order valence-corrected chi connectivity index (χ2v) is 14.9. The van der Waals surface area contributed by atoms with Crippen LogP contribution < -0.4 is 4.90 Å². The maximum absolute atomic E-state index is 2.46. The average molecular weight is 700 g/mol. The van der Waals surface area contributed by atoms with E-state index in [1.807, 2.05) is 0 Å². The van der Waals surface area contributed by atoms with Gasteiger partial charge in [0.2, 0.25) is 0 Å².